The molecule has 0 spiro atoms. The number of carbonyl (C=O) groups excluding carboxylic acids is 1. The molecule has 18 heavy (non-hydrogen) atoms. The summed E-state index contributed by atoms with van der Waals surface area (Å²) in [5.41, 5.74) is 0.711. The topological polar surface area (TPSA) is 72.8 Å². The lowest BCUT2D eigenvalue weighted by Gasteiger charge is -2.06. The van der Waals surface area contributed by atoms with Crippen molar-refractivity contribution in [3.05, 3.63) is 42.0 Å². The second-order valence-corrected chi connectivity index (χ2v) is 3.60. The van der Waals surface area contributed by atoms with E-state index in [1.54, 1.807) is 31.4 Å². The first-order valence-corrected chi connectivity index (χ1v) is 5.22. The second-order valence-electron chi connectivity index (χ2n) is 3.60. The van der Waals surface area contributed by atoms with Crippen molar-refractivity contribution in [3.8, 4) is 5.75 Å². The number of carbonyl (C=O) groups is 2. The largest absolute Gasteiger partial charge is 0.497 e. The standard InChI is InChI=1S/C13H14O5/c1-9(7-12(14)15)13(16)18-8-10-3-5-11(17-2)6-4-10/h3-6H,1,7-8H2,2H3,(H,14,15). The van der Waals surface area contributed by atoms with Crippen LogP contribution in [0.25, 0.3) is 0 Å². The predicted molar refractivity (Wildman–Crippen MR) is 64.2 cm³/mol. The fourth-order valence-electron chi connectivity index (χ4n) is 1.23. The van der Waals surface area contributed by atoms with Crippen molar-refractivity contribution < 1.29 is 24.2 Å². The summed E-state index contributed by atoms with van der Waals surface area (Å²) in [5, 5.41) is 8.49. The normalized spacial score (nSPS) is 9.61. The van der Waals surface area contributed by atoms with Gasteiger partial charge in [0.1, 0.15) is 12.4 Å². The molecule has 0 heterocycles. The first-order chi connectivity index (χ1) is 8.52. The fraction of sp³-hybridized carbons (Fsp3) is 0.231. The molecule has 1 aromatic carbocycles. The van der Waals surface area contributed by atoms with Gasteiger partial charge < -0.3 is 14.6 Å². The number of carboxylic acids is 1. The molecule has 0 saturated carbocycles. The number of ether oxygens (including phenoxy) is 2. The number of hydrogen-bond donors (Lipinski definition) is 1. The number of benzene rings is 1. The summed E-state index contributed by atoms with van der Waals surface area (Å²) in [7, 11) is 1.56. The van der Waals surface area contributed by atoms with Crippen LogP contribution in [0, 0.1) is 0 Å². The summed E-state index contributed by atoms with van der Waals surface area (Å²) in [6.45, 7) is 3.43. The summed E-state index contributed by atoms with van der Waals surface area (Å²) < 4.78 is 9.91. The molecule has 0 unspecified atom stereocenters. The highest BCUT2D eigenvalue weighted by Gasteiger charge is 2.12. The molecule has 0 saturated heterocycles. The molecule has 0 aliphatic carbocycles. The molecule has 1 rings (SSSR count). The lowest BCUT2D eigenvalue weighted by atomic mass is 10.2. The van der Waals surface area contributed by atoms with Crippen LogP contribution in [0.4, 0.5) is 0 Å². The highest BCUT2D eigenvalue weighted by molar-refractivity contribution is 5.92. The third-order valence-corrected chi connectivity index (χ3v) is 2.18. The molecular formula is C13H14O5. The zero-order valence-corrected chi connectivity index (χ0v) is 10.0. The molecule has 5 nitrogen and oxygen atoms in total. The summed E-state index contributed by atoms with van der Waals surface area (Å²) in [6.07, 6.45) is -0.415. The molecule has 0 atom stereocenters. The van der Waals surface area contributed by atoms with Crippen molar-refractivity contribution in [1.82, 2.24) is 0 Å². The van der Waals surface area contributed by atoms with Gasteiger partial charge in [-0.25, -0.2) is 4.79 Å². The van der Waals surface area contributed by atoms with E-state index in [9.17, 15) is 9.59 Å². The third kappa shape index (κ3) is 4.29. The maximum absolute atomic E-state index is 11.4. The minimum absolute atomic E-state index is 0.0709. The van der Waals surface area contributed by atoms with E-state index in [1.807, 2.05) is 0 Å². The Hall–Kier alpha value is -2.30. The number of esters is 1. The van der Waals surface area contributed by atoms with Crippen molar-refractivity contribution in [3.63, 3.8) is 0 Å². The van der Waals surface area contributed by atoms with E-state index in [0.717, 1.165) is 5.56 Å². The van der Waals surface area contributed by atoms with E-state index in [2.05, 4.69) is 6.58 Å². The molecule has 0 aliphatic heterocycles. The molecule has 96 valence electrons. The molecule has 0 amide bonds. The van der Waals surface area contributed by atoms with Crippen LogP contribution in [0.1, 0.15) is 12.0 Å². The molecule has 0 radical (unpaired) electrons. The average Bonchev–Trinajstić information content (AvgIpc) is 2.35. The molecule has 0 aromatic heterocycles. The van der Waals surface area contributed by atoms with Crippen LogP contribution in [-0.2, 0) is 20.9 Å². The smallest absolute Gasteiger partial charge is 0.334 e. The van der Waals surface area contributed by atoms with Crippen LogP contribution in [0.2, 0.25) is 0 Å². The molecule has 0 bridgehead atoms. The van der Waals surface area contributed by atoms with E-state index in [1.165, 1.54) is 0 Å². The van der Waals surface area contributed by atoms with Crippen molar-refractivity contribution >= 4 is 11.9 Å². The van der Waals surface area contributed by atoms with E-state index in [-0.39, 0.29) is 12.2 Å². The van der Waals surface area contributed by atoms with Gasteiger partial charge >= 0.3 is 11.9 Å². The predicted octanol–water partition coefficient (Wildman–Crippen LogP) is 1.77. The first kappa shape index (κ1) is 13.8. The van der Waals surface area contributed by atoms with Gasteiger partial charge in [0.2, 0.25) is 0 Å². The monoisotopic (exact) mass is 250 g/mol. The Balaban J connectivity index is 2.46. The lowest BCUT2D eigenvalue weighted by molar-refractivity contribution is -0.143. The fourth-order valence-corrected chi connectivity index (χ4v) is 1.23. The lowest BCUT2D eigenvalue weighted by Crippen LogP contribution is -2.10. The van der Waals surface area contributed by atoms with Gasteiger partial charge in [-0.3, -0.25) is 4.79 Å². The third-order valence-electron chi connectivity index (χ3n) is 2.18. The van der Waals surface area contributed by atoms with Crippen LogP contribution < -0.4 is 4.74 Å². The van der Waals surface area contributed by atoms with E-state index in [0.29, 0.717) is 5.75 Å². The Labute approximate surface area is 105 Å². The highest BCUT2D eigenvalue weighted by Crippen LogP contribution is 2.12. The Morgan fingerprint density at radius 3 is 2.39 bits per heavy atom. The number of rotatable bonds is 6. The SMILES string of the molecule is C=C(CC(=O)O)C(=O)OCc1ccc(OC)cc1. The van der Waals surface area contributed by atoms with Crippen molar-refractivity contribution in [2.24, 2.45) is 0 Å². The van der Waals surface area contributed by atoms with Crippen molar-refractivity contribution in [2.45, 2.75) is 13.0 Å². The van der Waals surface area contributed by atoms with Gasteiger partial charge in [-0.05, 0) is 17.7 Å². The zero-order valence-electron chi connectivity index (χ0n) is 10.0. The minimum atomic E-state index is -1.11. The van der Waals surface area contributed by atoms with Gasteiger partial charge in [-0.2, -0.15) is 0 Å². The summed E-state index contributed by atoms with van der Waals surface area (Å²) in [6, 6.07) is 7.00. The van der Waals surface area contributed by atoms with Crippen LogP contribution >= 0.6 is 0 Å². The van der Waals surface area contributed by atoms with Gasteiger partial charge in [0, 0.05) is 5.57 Å². The first-order valence-electron chi connectivity index (χ1n) is 5.22. The number of methoxy groups -OCH3 is 1. The molecule has 5 heteroatoms. The Kier molecular flexibility index (Phi) is 4.92. The van der Waals surface area contributed by atoms with E-state index in [4.69, 9.17) is 14.6 Å². The molecule has 0 fully saturated rings. The zero-order chi connectivity index (χ0) is 13.5. The Morgan fingerprint density at radius 1 is 1.28 bits per heavy atom. The molecule has 1 aromatic rings. The van der Waals surface area contributed by atoms with Gasteiger partial charge in [-0.15, -0.1) is 0 Å². The molecular weight excluding hydrogens is 236 g/mol. The van der Waals surface area contributed by atoms with Crippen LogP contribution in [0.3, 0.4) is 0 Å². The number of carboxylic acid groups (broad SMARTS) is 1. The average molecular weight is 250 g/mol. The van der Waals surface area contributed by atoms with Crippen LogP contribution in [0.5, 0.6) is 5.75 Å². The Morgan fingerprint density at radius 2 is 1.89 bits per heavy atom. The number of hydrogen-bond acceptors (Lipinski definition) is 4. The van der Waals surface area contributed by atoms with Crippen LogP contribution in [-0.4, -0.2) is 24.2 Å². The van der Waals surface area contributed by atoms with Crippen molar-refractivity contribution in [1.29, 1.82) is 0 Å². The summed E-state index contributed by atoms with van der Waals surface area (Å²) in [4.78, 5) is 21.7. The second kappa shape index (κ2) is 6.44. The summed E-state index contributed by atoms with van der Waals surface area (Å²) in [5.74, 6) is -1.10. The quantitative estimate of drug-likeness (QED) is 0.615. The van der Waals surface area contributed by atoms with E-state index >= 15 is 0 Å². The van der Waals surface area contributed by atoms with Gasteiger partial charge in [0.15, 0.2) is 0 Å². The van der Waals surface area contributed by atoms with Gasteiger partial charge in [0.05, 0.1) is 13.5 Å². The number of aliphatic carboxylic acids is 1. The maximum atomic E-state index is 11.4. The van der Waals surface area contributed by atoms with Gasteiger partial charge in [0.25, 0.3) is 0 Å². The molecule has 1 N–H and O–H groups in total. The van der Waals surface area contributed by atoms with E-state index < -0.39 is 18.4 Å². The minimum Gasteiger partial charge on any atom is -0.497 e. The maximum Gasteiger partial charge on any atom is 0.334 e. The highest BCUT2D eigenvalue weighted by atomic mass is 16.5. The van der Waals surface area contributed by atoms with Gasteiger partial charge in [-0.1, -0.05) is 18.7 Å². The van der Waals surface area contributed by atoms with Crippen LogP contribution in [0.15, 0.2) is 36.4 Å². The molecule has 0 aliphatic rings. The Bertz CT molecular complexity index is 447. The summed E-state index contributed by atoms with van der Waals surface area (Å²) >= 11 is 0. The van der Waals surface area contributed by atoms with Crippen molar-refractivity contribution in [2.75, 3.05) is 7.11 Å².